The van der Waals surface area contributed by atoms with Gasteiger partial charge in [0.25, 0.3) is 0 Å². The van der Waals surface area contributed by atoms with Gasteiger partial charge in [-0.3, -0.25) is 4.40 Å². The van der Waals surface area contributed by atoms with E-state index in [4.69, 9.17) is 4.74 Å². The first-order valence-corrected chi connectivity index (χ1v) is 14.6. The van der Waals surface area contributed by atoms with Crippen molar-refractivity contribution in [3.63, 3.8) is 0 Å². The summed E-state index contributed by atoms with van der Waals surface area (Å²) < 4.78 is 64.7. The first kappa shape index (κ1) is 24.6. The molecule has 0 saturated carbocycles. The van der Waals surface area contributed by atoms with Crippen LogP contribution in [0, 0.1) is 17.1 Å². The van der Waals surface area contributed by atoms with Gasteiger partial charge in [-0.15, -0.1) is 0 Å². The second-order valence-corrected chi connectivity index (χ2v) is 14.9. The number of fused-ring (bicyclic) bond motifs is 1. The summed E-state index contributed by atoms with van der Waals surface area (Å²) in [6.45, 7) is 6.39. The molecule has 0 aliphatic carbocycles. The fourth-order valence-corrected chi connectivity index (χ4v) is 4.42. The van der Waals surface area contributed by atoms with Gasteiger partial charge in [0.15, 0.2) is 5.69 Å². The highest BCUT2D eigenvalue weighted by atomic mass is 28.3. The Hall–Kier alpha value is -3.49. The van der Waals surface area contributed by atoms with Crippen molar-refractivity contribution in [3.05, 3.63) is 66.0 Å². The van der Waals surface area contributed by atoms with E-state index in [1.165, 1.54) is 53.2 Å². The minimum Gasteiger partial charge on any atom is -0.360 e. The van der Waals surface area contributed by atoms with Gasteiger partial charge in [-0.25, -0.2) is 14.1 Å². The fraction of sp³-hybridized carbons (Fsp3) is 0.292. The molecule has 0 radical (unpaired) electrons. The van der Waals surface area contributed by atoms with Crippen molar-refractivity contribution in [2.24, 2.45) is 0 Å². The third-order valence-electron chi connectivity index (χ3n) is 5.46. The quantitative estimate of drug-likeness (QED) is 0.172. The van der Waals surface area contributed by atoms with Crippen LogP contribution < -0.4 is 0 Å². The van der Waals surface area contributed by atoms with E-state index < -0.39 is 25.8 Å². The van der Waals surface area contributed by atoms with Crippen molar-refractivity contribution in [2.45, 2.75) is 38.6 Å². The molecule has 0 fully saturated rings. The van der Waals surface area contributed by atoms with E-state index in [1.54, 1.807) is 0 Å². The summed E-state index contributed by atoms with van der Waals surface area (Å²) in [5.74, 6) is -0.515. The van der Waals surface area contributed by atoms with Gasteiger partial charge in [0.1, 0.15) is 35.7 Å². The molecule has 0 N–H and O–H groups in total. The van der Waals surface area contributed by atoms with Crippen LogP contribution in [0.2, 0.25) is 25.7 Å². The van der Waals surface area contributed by atoms with Gasteiger partial charge < -0.3 is 4.74 Å². The molecular formula is C24H23F4N5OSi. The molecule has 0 saturated heterocycles. The molecule has 35 heavy (non-hydrogen) atoms. The first-order valence-electron chi connectivity index (χ1n) is 10.9. The summed E-state index contributed by atoms with van der Waals surface area (Å²) in [7, 11) is -1.44. The minimum atomic E-state index is -4.76. The molecule has 0 atom stereocenters. The molecule has 11 heteroatoms. The van der Waals surface area contributed by atoms with E-state index in [0.29, 0.717) is 17.8 Å². The lowest BCUT2D eigenvalue weighted by Crippen LogP contribution is -2.23. The maximum absolute atomic E-state index is 14.4. The molecule has 3 heterocycles. The number of nitriles is 1. The van der Waals surface area contributed by atoms with Gasteiger partial charge in [0.05, 0.1) is 6.20 Å². The highest BCUT2D eigenvalue weighted by Gasteiger charge is 2.41. The second-order valence-electron chi connectivity index (χ2n) is 9.33. The van der Waals surface area contributed by atoms with Crippen molar-refractivity contribution in [3.8, 4) is 28.5 Å². The van der Waals surface area contributed by atoms with E-state index in [2.05, 4.69) is 29.7 Å². The number of hydrogen-bond donors (Lipinski definition) is 0. The molecule has 0 spiro atoms. The molecule has 6 nitrogen and oxygen atoms in total. The number of rotatable bonds is 7. The Labute approximate surface area is 200 Å². The van der Waals surface area contributed by atoms with E-state index >= 15 is 0 Å². The van der Waals surface area contributed by atoms with Gasteiger partial charge in [0, 0.05) is 37.6 Å². The van der Waals surface area contributed by atoms with Gasteiger partial charge in [-0.2, -0.15) is 23.5 Å². The Morgan fingerprint density at radius 2 is 1.74 bits per heavy atom. The maximum atomic E-state index is 14.4. The van der Waals surface area contributed by atoms with Crippen LogP contribution in [0.25, 0.3) is 28.0 Å². The van der Waals surface area contributed by atoms with Gasteiger partial charge in [-0.05, 0) is 42.4 Å². The monoisotopic (exact) mass is 501 g/mol. The van der Waals surface area contributed by atoms with E-state index in [0.717, 1.165) is 10.7 Å². The highest BCUT2D eigenvalue weighted by molar-refractivity contribution is 6.76. The number of benzene rings is 1. The summed E-state index contributed by atoms with van der Waals surface area (Å²) in [5, 5.41) is 13.6. The fourth-order valence-electron chi connectivity index (χ4n) is 3.67. The molecule has 4 rings (SSSR count). The zero-order valence-corrected chi connectivity index (χ0v) is 20.4. The Morgan fingerprint density at radius 1 is 1.06 bits per heavy atom. The average Bonchev–Trinajstić information content (AvgIpc) is 3.37. The Morgan fingerprint density at radius 3 is 2.37 bits per heavy atom. The van der Waals surface area contributed by atoms with Gasteiger partial charge in [-0.1, -0.05) is 19.6 Å². The SMILES string of the molecule is C[Si](C)(C)CCOCn1nc(-c2ccc(F)cc2)c(-c2ccc3ncc(C#N)n3c2)c1C(F)(F)F. The standard InChI is InChI=1S/C24H23F4N5OSi/c1-35(2,3)11-10-34-15-33-23(24(26,27)28)21(22(31-33)16-4-7-18(25)8-5-16)17-6-9-20-30-13-19(12-29)32(20)14-17/h4-9,13-14H,10-11,15H2,1-3H3. The number of halogens is 4. The number of imidazole rings is 1. The van der Waals surface area contributed by atoms with E-state index in [-0.39, 0.29) is 29.2 Å². The summed E-state index contributed by atoms with van der Waals surface area (Å²) in [5.41, 5.74) is -0.0275. The number of hydrogen-bond acceptors (Lipinski definition) is 4. The Bertz CT molecular complexity index is 1400. The third-order valence-corrected chi connectivity index (χ3v) is 7.16. The molecule has 0 bridgehead atoms. The third kappa shape index (κ3) is 5.28. The molecule has 1 aromatic carbocycles. The summed E-state index contributed by atoms with van der Waals surface area (Å²) in [6.07, 6.45) is -1.98. The molecule has 0 aliphatic rings. The van der Waals surface area contributed by atoms with Crippen LogP contribution in [-0.2, 0) is 17.6 Å². The normalized spacial score (nSPS) is 12.3. The lowest BCUT2D eigenvalue weighted by atomic mass is 9.99. The molecule has 3 aromatic heterocycles. The summed E-state index contributed by atoms with van der Waals surface area (Å²) in [4.78, 5) is 4.10. The van der Waals surface area contributed by atoms with Crippen molar-refractivity contribution in [1.82, 2.24) is 19.2 Å². The lowest BCUT2D eigenvalue weighted by molar-refractivity contribution is -0.146. The molecule has 4 aromatic rings. The highest BCUT2D eigenvalue weighted by Crippen LogP contribution is 2.43. The van der Waals surface area contributed by atoms with Crippen molar-refractivity contribution >= 4 is 13.7 Å². The van der Waals surface area contributed by atoms with Crippen LogP contribution in [0.5, 0.6) is 0 Å². The van der Waals surface area contributed by atoms with Crippen molar-refractivity contribution in [1.29, 1.82) is 5.26 Å². The predicted octanol–water partition coefficient (Wildman–Crippen LogP) is 6.21. The van der Waals surface area contributed by atoms with Gasteiger partial charge in [0.2, 0.25) is 0 Å². The number of aromatic nitrogens is 4. The van der Waals surface area contributed by atoms with Crippen LogP contribution in [0.3, 0.4) is 0 Å². The average molecular weight is 502 g/mol. The van der Waals surface area contributed by atoms with E-state index in [9.17, 15) is 22.8 Å². The van der Waals surface area contributed by atoms with E-state index in [1.807, 2.05) is 6.07 Å². The predicted molar refractivity (Wildman–Crippen MR) is 126 cm³/mol. The smallest absolute Gasteiger partial charge is 0.360 e. The number of pyridine rings is 1. The zero-order valence-electron chi connectivity index (χ0n) is 19.4. The second kappa shape index (κ2) is 9.28. The Kier molecular flexibility index (Phi) is 6.53. The van der Waals surface area contributed by atoms with Crippen LogP contribution in [0.1, 0.15) is 11.4 Å². The number of nitrogens with zero attached hydrogens (tertiary/aromatic N) is 5. The summed E-state index contributed by atoms with van der Waals surface area (Å²) in [6, 6.07) is 10.9. The molecule has 0 aliphatic heterocycles. The van der Waals surface area contributed by atoms with Crippen LogP contribution in [0.4, 0.5) is 17.6 Å². The number of alkyl halides is 3. The van der Waals surface area contributed by atoms with Crippen molar-refractivity contribution < 1.29 is 22.3 Å². The minimum absolute atomic E-state index is 0.0316. The molecule has 0 amide bonds. The van der Waals surface area contributed by atoms with Crippen LogP contribution in [0.15, 0.2) is 48.8 Å². The van der Waals surface area contributed by atoms with Crippen molar-refractivity contribution in [2.75, 3.05) is 6.61 Å². The summed E-state index contributed by atoms with van der Waals surface area (Å²) >= 11 is 0. The van der Waals surface area contributed by atoms with Crippen LogP contribution in [-0.4, -0.2) is 33.8 Å². The molecule has 0 unspecified atom stereocenters. The lowest BCUT2D eigenvalue weighted by Gasteiger charge is -2.17. The Balaban J connectivity index is 1.89. The first-order chi connectivity index (χ1) is 16.5. The zero-order chi connectivity index (χ0) is 25.4. The number of ether oxygens (including phenoxy) is 1. The maximum Gasteiger partial charge on any atom is 0.433 e. The molecular weight excluding hydrogens is 478 g/mol. The van der Waals surface area contributed by atoms with Gasteiger partial charge >= 0.3 is 6.18 Å². The molecule has 182 valence electrons. The largest absolute Gasteiger partial charge is 0.433 e. The van der Waals surface area contributed by atoms with Crippen LogP contribution >= 0.6 is 0 Å². The topological polar surface area (TPSA) is 68.1 Å².